The lowest BCUT2D eigenvalue weighted by atomic mass is 10.1. The molecular formula is C13H15NO3. The van der Waals surface area contributed by atoms with Crippen LogP contribution in [0.25, 0.3) is 0 Å². The van der Waals surface area contributed by atoms with E-state index in [0.29, 0.717) is 5.56 Å². The molecule has 4 heteroatoms. The molecule has 0 amide bonds. The van der Waals surface area contributed by atoms with Gasteiger partial charge >= 0.3 is 5.97 Å². The third-order valence-electron chi connectivity index (χ3n) is 2.16. The van der Waals surface area contributed by atoms with Gasteiger partial charge in [-0.1, -0.05) is 29.8 Å². The summed E-state index contributed by atoms with van der Waals surface area (Å²) < 4.78 is 4.43. The predicted octanol–water partition coefficient (Wildman–Crippen LogP) is 1.45. The van der Waals surface area contributed by atoms with Gasteiger partial charge in [-0.3, -0.25) is 9.59 Å². The molecule has 0 saturated heterocycles. The molecule has 1 aromatic carbocycles. The summed E-state index contributed by atoms with van der Waals surface area (Å²) in [5, 5.41) is 2.67. The molecule has 1 aromatic rings. The molecule has 0 unspecified atom stereocenters. The van der Waals surface area contributed by atoms with Crippen LogP contribution >= 0.6 is 0 Å². The van der Waals surface area contributed by atoms with Crippen LogP contribution < -0.4 is 5.32 Å². The van der Waals surface area contributed by atoms with Crippen molar-refractivity contribution in [3.05, 3.63) is 47.7 Å². The number of hydrogen-bond acceptors (Lipinski definition) is 4. The first kappa shape index (κ1) is 13.0. The van der Waals surface area contributed by atoms with Gasteiger partial charge in [-0.2, -0.15) is 0 Å². The quantitative estimate of drug-likeness (QED) is 0.475. The zero-order valence-corrected chi connectivity index (χ0v) is 9.90. The van der Waals surface area contributed by atoms with Crippen LogP contribution in [0.15, 0.2) is 36.5 Å². The van der Waals surface area contributed by atoms with Gasteiger partial charge in [0.2, 0.25) is 0 Å². The smallest absolute Gasteiger partial charge is 0.325 e. The van der Waals surface area contributed by atoms with Crippen LogP contribution in [0, 0.1) is 6.92 Å². The Morgan fingerprint density at radius 3 is 2.53 bits per heavy atom. The van der Waals surface area contributed by atoms with Crippen LogP contribution in [0.2, 0.25) is 0 Å². The van der Waals surface area contributed by atoms with Crippen molar-refractivity contribution >= 4 is 11.8 Å². The van der Waals surface area contributed by atoms with Gasteiger partial charge in [0.15, 0.2) is 5.78 Å². The lowest BCUT2D eigenvalue weighted by Gasteiger charge is -1.99. The van der Waals surface area contributed by atoms with Crippen molar-refractivity contribution in [2.75, 3.05) is 13.7 Å². The molecule has 0 aliphatic rings. The van der Waals surface area contributed by atoms with Crippen LogP contribution in [0.3, 0.4) is 0 Å². The molecule has 0 spiro atoms. The average Bonchev–Trinajstić information content (AvgIpc) is 2.34. The fourth-order valence-electron chi connectivity index (χ4n) is 1.16. The molecule has 0 aromatic heterocycles. The van der Waals surface area contributed by atoms with Crippen molar-refractivity contribution < 1.29 is 14.3 Å². The van der Waals surface area contributed by atoms with Gasteiger partial charge in [-0.25, -0.2) is 0 Å². The van der Waals surface area contributed by atoms with Crippen LogP contribution in [0.4, 0.5) is 0 Å². The molecule has 0 aliphatic carbocycles. The molecule has 0 radical (unpaired) electrons. The lowest BCUT2D eigenvalue weighted by molar-refractivity contribution is -0.139. The highest BCUT2D eigenvalue weighted by Crippen LogP contribution is 2.04. The Balaban J connectivity index is 2.46. The summed E-state index contributed by atoms with van der Waals surface area (Å²) in [7, 11) is 1.31. The third kappa shape index (κ3) is 4.51. The monoisotopic (exact) mass is 233 g/mol. The molecule has 0 fully saturated rings. The zero-order valence-electron chi connectivity index (χ0n) is 9.90. The van der Waals surface area contributed by atoms with Gasteiger partial charge in [-0.15, -0.1) is 0 Å². The molecule has 0 bridgehead atoms. The fraction of sp³-hybridized carbons (Fsp3) is 0.231. The normalized spacial score (nSPS) is 10.2. The fourth-order valence-corrected chi connectivity index (χ4v) is 1.16. The summed E-state index contributed by atoms with van der Waals surface area (Å²) in [6.07, 6.45) is 2.83. The van der Waals surface area contributed by atoms with Crippen LogP contribution in [0.5, 0.6) is 0 Å². The molecule has 0 atom stereocenters. The Morgan fingerprint density at radius 2 is 1.94 bits per heavy atom. The van der Waals surface area contributed by atoms with E-state index in [4.69, 9.17) is 0 Å². The maximum Gasteiger partial charge on any atom is 0.325 e. The van der Waals surface area contributed by atoms with Crippen molar-refractivity contribution in [1.82, 2.24) is 5.32 Å². The van der Waals surface area contributed by atoms with Gasteiger partial charge < -0.3 is 10.1 Å². The second kappa shape index (κ2) is 6.48. The van der Waals surface area contributed by atoms with Gasteiger partial charge in [0, 0.05) is 17.8 Å². The minimum absolute atomic E-state index is 0.0498. The van der Waals surface area contributed by atoms with Gasteiger partial charge in [0.1, 0.15) is 6.54 Å². The van der Waals surface area contributed by atoms with Gasteiger partial charge in [0.05, 0.1) is 7.11 Å². The third-order valence-corrected chi connectivity index (χ3v) is 2.16. The van der Waals surface area contributed by atoms with E-state index in [2.05, 4.69) is 10.1 Å². The highest BCUT2D eigenvalue weighted by Gasteiger charge is 2.00. The Morgan fingerprint density at radius 1 is 1.29 bits per heavy atom. The molecular weight excluding hydrogens is 218 g/mol. The van der Waals surface area contributed by atoms with Crippen LogP contribution in [-0.4, -0.2) is 25.4 Å². The van der Waals surface area contributed by atoms with Gasteiger partial charge in [0.25, 0.3) is 0 Å². The van der Waals surface area contributed by atoms with Crippen LogP contribution in [0.1, 0.15) is 15.9 Å². The number of rotatable bonds is 5. The second-order valence-electron chi connectivity index (χ2n) is 3.52. The van der Waals surface area contributed by atoms with Crippen molar-refractivity contribution in [3.63, 3.8) is 0 Å². The number of allylic oxidation sites excluding steroid dienone is 1. The van der Waals surface area contributed by atoms with E-state index in [9.17, 15) is 9.59 Å². The number of ether oxygens (including phenoxy) is 1. The predicted molar refractivity (Wildman–Crippen MR) is 64.7 cm³/mol. The first-order valence-electron chi connectivity index (χ1n) is 5.21. The molecule has 90 valence electrons. The summed E-state index contributed by atoms with van der Waals surface area (Å²) in [5.74, 6) is -0.486. The van der Waals surface area contributed by atoms with E-state index in [1.165, 1.54) is 19.4 Å². The summed E-state index contributed by atoms with van der Waals surface area (Å²) >= 11 is 0. The maximum atomic E-state index is 11.6. The number of esters is 1. The van der Waals surface area contributed by atoms with E-state index in [-0.39, 0.29) is 18.3 Å². The summed E-state index contributed by atoms with van der Waals surface area (Å²) in [6.45, 7) is 2.01. The Bertz CT molecular complexity index is 421. The molecule has 17 heavy (non-hydrogen) atoms. The van der Waals surface area contributed by atoms with Crippen molar-refractivity contribution in [1.29, 1.82) is 0 Å². The standard InChI is InChI=1S/C13H15NO3/c1-10-3-5-11(6-4-10)12(15)7-8-14-9-13(16)17-2/h3-8,14H,9H2,1-2H3/b8-7-. The molecule has 0 aliphatic heterocycles. The van der Waals surface area contributed by atoms with E-state index >= 15 is 0 Å². The highest BCUT2D eigenvalue weighted by atomic mass is 16.5. The maximum absolute atomic E-state index is 11.6. The number of nitrogens with one attached hydrogen (secondary N) is 1. The number of methoxy groups -OCH3 is 1. The lowest BCUT2D eigenvalue weighted by Crippen LogP contribution is -2.19. The average molecular weight is 233 g/mol. The number of benzene rings is 1. The summed E-state index contributed by atoms with van der Waals surface area (Å²) in [6, 6.07) is 7.29. The van der Waals surface area contributed by atoms with Crippen molar-refractivity contribution in [2.24, 2.45) is 0 Å². The summed E-state index contributed by atoms with van der Waals surface area (Å²) in [5.41, 5.74) is 1.72. The first-order valence-corrected chi connectivity index (χ1v) is 5.21. The number of aryl methyl sites for hydroxylation is 1. The topological polar surface area (TPSA) is 55.4 Å². The molecule has 1 rings (SSSR count). The number of hydrogen-bond donors (Lipinski definition) is 1. The minimum Gasteiger partial charge on any atom is -0.468 e. The highest BCUT2D eigenvalue weighted by molar-refractivity contribution is 6.04. The number of carbonyl (C=O) groups excluding carboxylic acids is 2. The van der Waals surface area contributed by atoms with E-state index in [1.807, 2.05) is 19.1 Å². The first-order chi connectivity index (χ1) is 8.13. The number of carbonyl (C=O) groups is 2. The molecule has 0 saturated carbocycles. The van der Waals surface area contributed by atoms with Crippen molar-refractivity contribution in [2.45, 2.75) is 6.92 Å². The Kier molecular flexibility index (Phi) is 4.94. The SMILES string of the molecule is COC(=O)CN/C=C\C(=O)c1ccc(C)cc1. The van der Waals surface area contributed by atoms with E-state index in [0.717, 1.165) is 5.56 Å². The molecule has 1 N–H and O–H groups in total. The van der Waals surface area contributed by atoms with E-state index in [1.54, 1.807) is 12.1 Å². The summed E-state index contributed by atoms with van der Waals surface area (Å²) in [4.78, 5) is 22.4. The van der Waals surface area contributed by atoms with E-state index < -0.39 is 0 Å². The largest absolute Gasteiger partial charge is 0.468 e. The van der Waals surface area contributed by atoms with Gasteiger partial charge in [-0.05, 0) is 6.92 Å². The Hall–Kier alpha value is -2.10. The second-order valence-corrected chi connectivity index (χ2v) is 3.52. The zero-order chi connectivity index (χ0) is 12.7. The molecule has 4 nitrogen and oxygen atoms in total. The van der Waals surface area contributed by atoms with Crippen LogP contribution in [-0.2, 0) is 9.53 Å². The number of ketones is 1. The minimum atomic E-state index is -0.377. The Labute approximate surface area is 100 Å². The van der Waals surface area contributed by atoms with Crippen molar-refractivity contribution in [3.8, 4) is 0 Å². The molecule has 0 heterocycles.